The number of hydrogen-bond acceptors (Lipinski definition) is 7. The van der Waals surface area contributed by atoms with E-state index in [0.717, 1.165) is 17.2 Å². The first-order valence-corrected chi connectivity index (χ1v) is 7.32. The van der Waals surface area contributed by atoms with Gasteiger partial charge in [-0.3, -0.25) is 0 Å². The molecule has 0 amide bonds. The fourth-order valence-corrected chi connectivity index (χ4v) is 2.25. The summed E-state index contributed by atoms with van der Waals surface area (Å²) in [6.45, 7) is 1.15. The SMILES string of the molecule is CSc1nc(N)cc(Nc2ccc3c(c2)OCCO3)n1. The standard InChI is InChI=1S/C13H14N4O2S/c1-20-13-16-11(14)7-12(17-13)15-8-2-3-9-10(6-8)19-5-4-18-9/h2-3,6-7H,4-5H2,1H3,(H3,14,15,16,17). The Kier molecular flexibility index (Phi) is 3.51. The summed E-state index contributed by atoms with van der Waals surface area (Å²) >= 11 is 1.44. The van der Waals surface area contributed by atoms with Gasteiger partial charge in [0.1, 0.15) is 24.8 Å². The quantitative estimate of drug-likeness (QED) is 0.663. The lowest BCUT2D eigenvalue weighted by atomic mass is 10.2. The number of nitrogens with two attached hydrogens (primary N) is 1. The molecule has 0 spiro atoms. The number of fused-ring (bicyclic) bond motifs is 1. The molecule has 6 nitrogen and oxygen atoms in total. The molecule has 0 aliphatic carbocycles. The minimum atomic E-state index is 0.435. The molecule has 0 bridgehead atoms. The molecule has 104 valence electrons. The first kappa shape index (κ1) is 12.9. The Hall–Kier alpha value is -2.15. The van der Waals surface area contributed by atoms with Crippen molar-refractivity contribution in [2.75, 3.05) is 30.5 Å². The van der Waals surface area contributed by atoms with Gasteiger partial charge in [0.2, 0.25) is 0 Å². The lowest BCUT2D eigenvalue weighted by Crippen LogP contribution is -2.15. The van der Waals surface area contributed by atoms with Crippen molar-refractivity contribution in [3.05, 3.63) is 24.3 Å². The largest absolute Gasteiger partial charge is 0.486 e. The highest BCUT2D eigenvalue weighted by molar-refractivity contribution is 7.98. The second kappa shape index (κ2) is 5.46. The minimum absolute atomic E-state index is 0.435. The van der Waals surface area contributed by atoms with Crippen molar-refractivity contribution < 1.29 is 9.47 Å². The van der Waals surface area contributed by atoms with Gasteiger partial charge in [-0.2, -0.15) is 0 Å². The first-order chi connectivity index (χ1) is 9.74. The van der Waals surface area contributed by atoms with Gasteiger partial charge in [0.25, 0.3) is 0 Å². The van der Waals surface area contributed by atoms with Crippen molar-refractivity contribution in [3.63, 3.8) is 0 Å². The third-order valence-electron chi connectivity index (χ3n) is 2.72. The predicted octanol–water partition coefficient (Wildman–Crippen LogP) is 2.30. The molecular formula is C13H14N4O2S. The van der Waals surface area contributed by atoms with Gasteiger partial charge in [0, 0.05) is 17.8 Å². The molecule has 1 aliphatic heterocycles. The van der Waals surface area contributed by atoms with E-state index in [-0.39, 0.29) is 0 Å². The van der Waals surface area contributed by atoms with Crippen LogP contribution in [0.15, 0.2) is 29.4 Å². The van der Waals surface area contributed by atoms with Crippen LogP contribution in [0.1, 0.15) is 0 Å². The van der Waals surface area contributed by atoms with Crippen LogP contribution in [0.2, 0.25) is 0 Å². The molecule has 2 heterocycles. The van der Waals surface area contributed by atoms with E-state index < -0.39 is 0 Å². The highest BCUT2D eigenvalue weighted by Crippen LogP contribution is 2.33. The van der Waals surface area contributed by atoms with Gasteiger partial charge in [0.15, 0.2) is 16.7 Å². The van der Waals surface area contributed by atoms with E-state index >= 15 is 0 Å². The van der Waals surface area contributed by atoms with Gasteiger partial charge in [-0.25, -0.2) is 9.97 Å². The Bertz CT molecular complexity index is 636. The monoisotopic (exact) mass is 290 g/mol. The van der Waals surface area contributed by atoms with Crippen LogP contribution >= 0.6 is 11.8 Å². The molecule has 0 unspecified atom stereocenters. The average Bonchev–Trinajstić information content (AvgIpc) is 2.46. The number of ether oxygens (including phenoxy) is 2. The number of nitrogens with one attached hydrogen (secondary N) is 1. The molecule has 3 N–H and O–H groups in total. The Morgan fingerprint density at radius 2 is 1.95 bits per heavy atom. The fourth-order valence-electron chi connectivity index (χ4n) is 1.87. The molecular weight excluding hydrogens is 276 g/mol. The zero-order valence-electron chi connectivity index (χ0n) is 10.9. The van der Waals surface area contributed by atoms with Crippen LogP contribution in [0.5, 0.6) is 11.5 Å². The Balaban J connectivity index is 1.85. The summed E-state index contributed by atoms with van der Waals surface area (Å²) in [5.41, 5.74) is 6.61. The second-order valence-corrected chi connectivity index (χ2v) is 4.92. The molecule has 0 radical (unpaired) electrons. The highest BCUT2D eigenvalue weighted by Gasteiger charge is 2.12. The van der Waals surface area contributed by atoms with Gasteiger partial charge in [-0.15, -0.1) is 0 Å². The van der Waals surface area contributed by atoms with E-state index in [0.29, 0.717) is 30.0 Å². The molecule has 1 aromatic heterocycles. The molecule has 0 fully saturated rings. The Morgan fingerprint density at radius 3 is 2.75 bits per heavy atom. The van der Waals surface area contributed by atoms with E-state index in [1.165, 1.54) is 11.8 Å². The van der Waals surface area contributed by atoms with E-state index in [1.807, 2.05) is 24.5 Å². The van der Waals surface area contributed by atoms with Gasteiger partial charge in [-0.1, -0.05) is 11.8 Å². The number of thioether (sulfide) groups is 1. The molecule has 1 aromatic carbocycles. The van der Waals surface area contributed by atoms with Crippen LogP contribution in [0.4, 0.5) is 17.3 Å². The predicted molar refractivity (Wildman–Crippen MR) is 78.9 cm³/mol. The van der Waals surface area contributed by atoms with Crippen molar-refractivity contribution in [3.8, 4) is 11.5 Å². The maximum atomic E-state index is 5.75. The second-order valence-electron chi connectivity index (χ2n) is 4.15. The third kappa shape index (κ3) is 2.72. The number of nitrogen functional groups attached to an aromatic ring is 1. The number of aromatic nitrogens is 2. The van der Waals surface area contributed by atoms with Gasteiger partial charge >= 0.3 is 0 Å². The van der Waals surface area contributed by atoms with Crippen LogP contribution in [-0.4, -0.2) is 29.4 Å². The topological polar surface area (TPSA) is 82.3 Å². The average molecular weight is 290 g/mol. The van der Waals surface area contributed by atoms with Crippen molar-refractivity contribution in [2.45, 2.75) is 5.16 Å². The summed E-state index contributed by atoms with van der Waals surface area (Å²) in [5.74, 6) is 2.57. The Morgan fingerprint density at radius 1 is 1.15 bits per heavy atom. The number of benzene rings is 1. The maximum Gasteiger partial charge on any atom is 0.191 e. The van der Waals surface area contributed by atoms with Gasteiger partial charge in [-0.05, 0) is 18.4 Å². The first-order valence-electron chi connectivity index (χ1n) is 6.10. The van der Waals surface area contributed by atoms with Crippen molar-refractivity contribution in [1.82, 2.24) is 9.97 Å². The zero-order valence-corrected chi connectivity index (χ0v) is 11.7. The lowest BCUT2D eigenvalue weighted by molar-refractivity contribution is 0.171. The molecule has 0 saturated heterocycles. The Labute approximate surface area is 120 Å². The minimum Gasteiger partial charge on any atom is -0.486 e. The van der Waals surface area contributed by atoms with Gasteiger partial charge in [0.05, 0.1) is 0 Å². The van der Waals surface area contributed by atoms with Crippen LogP contribution in [0.25, 0.3) is 0 Å². The molecule has 3 rings (SSSR count). The summed E-state index contributed by atoms with van der Waals surface area (Å²) in [7, 11) is 0. The van der Waals surface area contributed by atoms with E-state index in [9.17, 15) is 0 Å². The van der Waals surface area contributed by atoms with Crippen molar-refractivity contribution in [1.29, 1.82) is 0 Å². The number of hydrogen-bond donors (Lipinski definition) is 2. The summed E-state index contributed by atoms with van der Waals surface area (Å²) in [5, 5.41) is 3.82. The molecule has 1 aliphatic rings. The molecule has 2 aromatic rings. The highest BCUT2D eigenvalue weighted by atomic mass is 32.2. The summed E-state index contributed by atoms with van der Waals surface area (Å²) in [6, 6.07) is 7.35. The van der Waals surface area contributed by atoms with Crippen LogP contribution in [0, 0.1) is 0 Å². The smallest absolute Gasteiger partial charge is 0.191 e. The number of rotatable bonds is 3. The van der Waals surface area contributed by atoms with Crippen LogP contribution in [0.3, 0.4) is 0 Å². The van der Waals surface area contributed by atoms with Crippen LogP contribution in [-0.2, 0) is 0 Å². The van der Waals surface area contributed by atoms with E-state index in [4.69, 9.17) is 15.2 Å². The summed E-state index contributed by atoms with van der Waals surface area (Å²) in [4.78, 5) is 8.46. The zero-order chi connectivity index (χ0) is 13.9. The van der Waals surface area contributed by atoms with Crippen LogP contribution < -0.4 is 20.5 Å². The molecule has 0 saturated carbocycles. The van der Waals surface area contributed by atoms with E-state index in [1.54, 1.807) is 6.07 Å². The molecule has 7 heteroatoms. The molecule has 0 atom stereocenters. The summed E-state index contributed by atoms with van der Waals surface area (Å²) in [6.07, 6.45) is 1.91. The van der Waals surface area contributed by atoms with Crippen molar-refractivity contribution in [2.24, 2.45) is 0 Å². The fraction of sp³-hybridized carbons (Fsp3) is 0.231. The van der Waals surface area contributed by atoms with Crippen molar-refractivity contribution >= 4 is 29.1 Å². The lowest BCUT2D eigenvalue weighted by Gasteiger charge is -2.19. The number of anilines is 3. The normalized spacial score (nSPS) is 13.1. The van der Waals surface area contributed by atoms with Gasteiger partial charge < -0.3 is 20.5 Å². The van der Waals surface area contributed by atoms with E-state index in [2.05, 4.69) is 15.3 Å². The maximum absolute atomic E-state index is 5.75. The third-order valence-corrected chi connectivity index (χ3v) is 3.27. The molecule has 20 heavy (non-hydrogen) atoms. The summed E-state index contributed by atoms with van der Waals surface area (Å²) < 4.78 is 11.0. The number of nitrogens with zero attached hydrogens (tertiary/aromatic N) is 2.